The molecule has 0 fully saturated rings. The van der Waals surface area contributed by atoms with Gasteiger partial charge in [-0.2, -0.15) is 0 Å². The van der Waals surface area contributed by atoms with Crippen molar-refractivity contribution in [3.8, 4) is 12.1 Å². The molecular weight excluding hydrogens is 352 g/mol. The van der Waals surface area contributed by atoms with E-state index in [0.717, 1.165) is 5.69 Å². The normalized spacial score (nSPS) is 13.9. The van der Waals surface area contributed by atoms with E-state index >= 15 is 0 Å². The second kappa shape index (κ2) is 8.23. The fourth-order valence-electron chi connectivity index (χ4n) is 2.98. The van der Waals surface area contributed by atoms with E-state index in [1.54, 1.807) is 12.1 Å². The number of benzene rings is 2. The van der Waals surface area contributed by atoms with Crippen LogP contribution in [0.2, 0.25) is 0 Å². The smallest absolute Gasteiger partial charge is 0.255 e. The van der Waals surface area contributed by atoms with Crippen molar-refractivity contribution in [1.82, 2.24) is 5.32 Å². The van der Waals surface area contributed by atoms with Crippen molar-refractivity contribution in [3.05, 3.63) is 71.3 Å². The van der Waals surface area contributed by atoms with Crippen molar-refractivity contribution in [3.63, 3.8) is 0 Å². The molecule has 0 saturated carbocycles. The van der Waals surface area contributed by atoms with Crippen molar-refractivity contribution in [1.29, 1.82) is 0 Å². The van der Waals surface area contributed by atoms with Gasteiger partial charge in [0.1, 0.15) is 0 Å². The Kier molecular flexibility index (Phi) is 5.56. The predicted molar refractivity (Wildman–Crippen MR) is 111 cm³/mol. The van der Waals surface area contributed by atoms with Crippen LogP contribution in [0.3, 0.4) is 0 Å². The molecule has 0 aliphatic heterocycles. The molecule has 0 atom stereocenters. The highest BCUT2D eigenvalue weighted by Gasteiger charge is 2.27. The highest BCUT2D eigenvalue weighted by molar-refractivity contribution is 6.35. The number of carbonyl (C=O) groups excluding carboxylic acids is 2. The predicted octanol–water partition coefficient (Wildman–Crippen LogP) is 2.38. The number of allylic oxidation sites excluding steroid dienone is 1. The van der Waals surface area contributed by atoms with Crippen LogP contribution >= 0.6 is 0 Å². The molecule has 2 aromatic carbocycles. The van der Waals surface area contributed by atoms with E-state index in [0.29, 0.717) is 29.1 Å². The molecule has 0 aromatic heterocycles. The van der Waals surface area contributed by atoms with Crippen LogP contribution in [0.15, 0.2) is 65.2 Å². The molecule has 3 N–H and O–H groups in total. The van der Waals surface area contributed by atoms with Crippen molar-refractivity contribution in [2.75, 3.05) is 18.5 Å². The van der Waals surface area contributed by atoms with Gasteiger partial charge in [-0.05, 0) is 37.3 Å². The van der Waals surface area contributed by atoms with E-state index < -0.39 is 5.91 Å². The lowest BCUT2D eigenvalue weighted by atomic mass is 9.88. The molecule has 6 nitrogen and oxygen atoms in total. The summed E-state index contributed by atoms with van der Waals surface area (Å²) >= 11 is 0. The molecule has 1 aliphatic carbocycles. The van der Waals surface area contributed by atoms with Gasteiger partial charge in [-0.15, -0.1) is 0 Å². The van der Waals surface area contributed by atoms with E-state index in [1.165, 1.54) is 13.1 Å². The van der Waals surface area contributed by atoms with Gasteiger partial charge in [0.05, 0.1) is 17.0 Å². The van der Waals surface area contributed by atoms with Gasteiger partial charge in [-0.3, -0.25) is 9.59 Å². The average Bonchev–Trinajstić information content (AvgIpc) is 2.74. The van der Waals surface area contributed by atoms with Gasteiger partial charge in [0, 0.05) is 42.5 Å². The van der Waals surface area contributed by atoms with Gasteiger partial charge in [-0.1, -0.05) is 24.3 Å². The van der Waals surface area contributed by atoms with Gasteiger partial charge >= 0.3 is 0 Å². The van der Waals surface area contributed by atoms with Crippen LogP contribution in [-0.4, -0.2) is 31.0 Å². The summed E-state index contributed by atoms with van der Waals surface area (Å²) in [7, 11) is 1.50. The summed E-state index contributed by atoms with van der Waals surface area (Å²) < 4.78 is 0. The minimum Gasteiger partial charge on any atom is -0.358 e. The van der Waals surface area contributed by atoms with E-state index in [2.05, 4.69) is 22.4 Å². The van der Waals surface area contributed by atoms with Crippen molar-refractivity contribution in [2.45, 2.75) is 6.92 Å². The van der Waals surface area contributed by atoms with Gasteiger partial charge in [0.2, 0.25) is 0 Å². The Labute approximate surface area is 163 Å². The molecular formula is C22H20N4O2. The van der Waals surface area contributed by atoms with Crippen LogP contribution in [0.1, 0.15) is 22.8 Å². The molecule has 28 heavy (non-hydrogen) atoms. The number of nitrogens with one attached hydrogen (secondary N) is 1. The number of hydrogen-bond donors (Lipinski definition) is 2. The Hall–Kier alpha value is -3.85. The standard InChI is InChI=1S/C22H20N4O2/c1-3-26(13-12-23)16-10-8-15(9-11-16)25-20-14-19(22(28)24-2)21(27)18-7-5-4-6-17(18)20/h4-11,14H,3,23H2,1-2H3,(H,24,28). The van der Waals surface area contributed by atoms with Crippen LogP contribution in [0.25, 0.3) is 0 Å². The lowest BCUT2D eigenvalue weighted by Crippen LogP contribution is -2.29. The fraction of sp³-hybridized carbons (Fsp3) is 0.136. The Morgan fingerprint density at radius 1 is 1.14 bits per heavy atom. The summed E-state index contributed by atoms with van der Waals surface area (Å²) in [6, 6.07) is 19.9. The van der Waals surface area contributed by atoms with E-state index in [4.69, 9.17) is 5.73 Å². The number of hydrogen-bond acceptors (Lipinski definition) is 5. The van der Waals surface area contributed by atoms with Crippen LogP contribution in [-0.2, 0) is 4.79 Å². The van der Waals surface area contributed by atoms with Crippen LogP contribution in [0.4, 0.5) is 11.4 Å². The number of amides is 1. The number of rotatable bonds is 4. The summed E-state index contributed by atoms with van der Waals surface area (Å²) in [5, 5.41) is 2.51. The minimum absolute atomic E-state index is 0.0759. The lowest BCUT2D eigenvalue weighted by Gasteiger charge is -2.17. The number of nitrogens with zero attached hydrogens (tertiary/aromatic N) is 2. The Morgan fingerprint density at radius 2 is 1.82 bits per heavy atom. The molecule has 1 aliphatic rings. The number of ketones is 1. The largest absolute Gasteiger partial charge is 0.358 e. The van der Waals surface area contributed by atoms with Gasteiger partial charge in [-0.25, -0.2) is 4.99 Å². The number of anilines is 1. The van der Waals surface area contributed by atoms with E-state index in [1.807, 2.05) is 48.2 Å². The first-order valence-electron chi connectivity index (χ1n) is 8.84. The third kappa shape index (κ3) is 3.64. The molecule has 0 saturated heterocycles. The second-order valence-electron chi connectivity index (χ2n) is 6.03. The maximum atomic E-state index is 12.6. The Bertz CT molecular complexity index is 1040. The van der Waals surface area contributed by atoms with E-state index in [-0.39, 0.29) is 11.4 Å². The van der Waals surface area contributed by atoms with Gasteiger partial charge < -0.3 is 16.0 Å². The third-order valence-corrected chi connectivity index (χ3v) is 4.37. The maximum absolute atomic E-state index is 12.6. The van der Waals surface area contributed by atoms with E-state index in [9.17, 15) is 9.59 Å². The number of aliphatic imine (C=N–C) groups is 1. The first-order valence-corrected chi connectivity index (χ1v) is 8.84. The molecule has 0 radical (unpaired) electrons. The zero-order valence-electron chi connectivity index (χ0n) is 15.7. The third-order valence-electron chi connectivity index (χ3n) is 4.37. The summed E-state index contributed by atoms with van der Waals surface area (Å²) in [4.78, 5) is 31.2. The topological polar surface area (TPSA) is 87.8 Å². The zero-order valence-corrected chi connectivity index (χ0v) is 15.7. The van der Waals surface area contributed by atoms with Crippen LogP contribution in [0, 0.1) is 12.1 Å². The fourth-order valence-corrected chi connectivity index (χ4v) is 2.98. The average molecular weight is 372 g/mol. The number of carbonyl (C=O) groups is 2. The highest BCUT2D eigenvalue weighted by Crippen LogP contribution is 2.25. The molecule has 1 amide bonds. The quantitative estimate of drug-likeness (QED) is 0.490. The monoisotopic (exact) mass is 372 g/mol. The van der Waals surface area contributed by atoms with Crippen LogP contribution in [0.5, 0.6) is 0 Å². The highest BCUT2D eigenvalue weighted by atomic mass is 16.2. The first-order chi connectivity index (χ1) is 13.6. The zero-order chi connectivity index (χ0) is 20.1. The summed E-state index contributed by atoms with van der Waals surface area (Å²) in [5.41, 5.74) is 8.73. The molecule has 0 spiro atoms. The number of likely N-dealkylation sites (N-methyl/N-ethyl adjacent to an activating group) is 1. The summed E-state index contributed by atoms with van der Waals surface area (Å²) in [6.07, 6.45) is 1.54. The number of nitrogens with two attached hydrogens (primary N) is 1. The minimum atomic E-state index is -0.429. The van der Waals surface area contributed by atoms with Gasteiger partial charge in [0.15, 0.2) is 5.78 Å². The lowest BCUT2D eigenvalue weighted by molar-refractivity contribution is -0.116. The summed E-state index contributed by atoms with van der Waals surface area (Å²) in [6.45, 7) is 2.69. The molecule has 0 bridgehead atoms. The molecule has 6 heteroatoms. The molecule has 2 aromatic rings. The second-order valence-corrected chi connectivity index (χ2v) is 6.03. The SMILES string of the molecule is CCN(C#CN)c1ccc(N=C2C=C(C(=O)NC)C(=O)c3ccccc32)cc1. The van der Waals surface area contributed by atoms with Crippen molar-refractivity contribution < 1.29 is 9.59 Å². The molecule has 3 rings (SSSR count). The maximum Gasteiger partial charge on any atom is 0.255 e. The number of fused-ring (bicyclic) bond motifs is 1. The molecule has 0 unspecified atom stereocenters. The summed E-state index contributed by atoms with van der Waals surface area (Å²) in [5.74, 6) is -0.732. The Morgan fingerprint density at radius 3 is 2.43 bits per heavy atom. The van der Waals surface area contributed by atoms with Crippen LogP contribution < -0.4 is 16.0 Å². The van der Waals surface area contributed by atoms with Crippen molar-refractivity contribution >= 4 is 28.8 Å². The molecule has 0 heterocycles. The Balaban J connectivity index is 2.03. The molecule has 140 valence electrons. The first kappa shape index (κ1) is 18.9. The van der Waals surface area contributed by atoms with Gasteiger partial charge in [0.25, 0.3) is 5.91 Å². The van der Waals surface area contributed by atoms with Crippen molar-refractivity contribution in [2.24, 2.45) is 10.7 Å². The number of Topliss-reactive ketones (excluding diaryl/α,β-unsaturated/α-hetero) is 1.